The number of rotatable bonds is 3. The Morgan fingerprint density at radius 3 is 2.18 bits per heavy atom. The molecular weight excluding hydrogens is 285 g/mol. The summed E-state index contributed by atoms with van der Waals surface area (Å²) in [6.45, 7) is 0. The molecule has 0 saturated heterocycles. The van der Waals surface area contributed by atoms with E-state index < -0.39 is 7.11 Å². The fourth-order valence-electron chi connectivity index (χ4n) is 2.11. The molecule has 0 saturated carbocycles. The van der Waals surface area contributed by atoms with Crippen LogP contribution in [0.25, 0.3) is 6.08 Å². The van der Waals surface area contributed by atoms with Crippen molar-refractivity contribution in [2.75, 3.05) is 0 Å². The van der Waals surface area contributed by atoms with Crippen molar-refractivity contribution in [2.45, 2.75) is 0 Å². The number of carbonyl (C=O) groups excluding carboxylic acids is 1. The normalized spacial score (nSPS) is 16.8. The Labute approximate surface area is 127 Å². The van der Waals surface area contributed by atoms with E-state index in [2.05, 4.69) is 9.00 Å². The van der Waals surface area contributed by atoms with Gasteiger partial charge in [-0.3, -0.25) is 0 Å². The number of hydrogen-bond acceptors (Lipinski definition) is 1. The van der Waals surface area contributed by atoms with Gasteiger partial charge in [0, 0.05) is 0 Å². The van der Waals surface area contributed by atoms with E-state index in [9.17, 15) is 8.63 Å². The first-order valence-corrected chi connectivity index (χ1v) is 6.88. The smallest absolute Gasteiger partial charge is 0.569 e. The third-order valence-corrected chi connectivity index (χ3v) is 3.11. The molecule has 0 unspecified atom stereocenters. The molecule has 2 nitrogen and oxygen atoms in total. The summed E-state index contributed by atoms with van der Waals surface area (Å²) < 4.78 is 36.5. The minimum atomic E-state index is -4.36. The molecule has 0 radical (unpaired) electrons. The van der Waals surface area contributed by atoms with E-state index in [4.69, 9.17) is 0 Å². The van der Waals surface area contributed by atoms with Gasteiger partial charge in [0.05, 0.1) is 17.4 Å². The zero-order chi connectivity index (χ0) is 15.4. The van der Waals surface area contributed by atoms with Crippen LogP contribution < -0.4 is 0 Å². The number of allylic oxidation sites excluding steroid dienone is 2. The Bertz CT molecular complexity index is 738. The summed E-state index contributed by atoms with van der Waals surface area (Å²) in [7, 11) is -4.36. The monoisotopic (exact) mass is 298 g/mol. The summed E-state index contributed by atoms with van der Waals surface area (Å²) in [5.41, 5.74) is 1.48. The molecule has 1 aliphatic rings. The number of benzene rings is 2. The lowest BCUT2D eigenvalue weighted by Crippen LogP contribution is -2.31. The topological polar surface area (TPSA) is 20.5 Å². The van der Waals surface area contributed by atoms with Crippen LogP contribution in [-0.2, 0) is 4.65 Å². The standard InChI is InChI=1S/C17H13BF2O2/c19-18(20)21-16(12-11-14-7-3-1-4-8-14)13-17(22-18)15-9-5-2-6-10-15/h1-13H/b12-11+. The summed E-state index contributed by atoms with van der Waals surface area (Å²) >= 11 is 0. The van der Waals surface area contributed by atoms with Crippen LogP contribution in [0.4, 0.5) is 8.63 Å². The van der Waals surface area contributed by atoms with Gasteiger partial charge < -0.3 is 17.6 Å². The van der Waals surface area contributed by atoms with Gasteiger partial charge in [0.15, 0.2) is 0 Å². The molecule has 22 heavy (non-hydrogen) atoms. The predicted molar refractivity (Wildman–Crippen MR) is 83.4 cm³/mol. The van der Waals surface area contributed by atoms with E-state index in [1.165, 1.54) is 12.2 Å². The van der Waals surface area contributed by atoms with Crippen LogP contribution in [0, 0.1) is 0 Å². The maximum absolute atomic E-state index is 13.6. The SMILES string of the molecule is F[B-]1(F)OC(/C=C/c2ccccc2)=CC(c2ccccc2)=[O+]1. The highest BCUT2D eigenvalue weighted by atomic mass is 19.3. The van der Waals surface area contributed by atoms with Gasteiger partial charge in [-0.15, -0.1) is 0 Å². The fraction of sp³-hybridized carbons (Fsp3) is 0. The van der Waals surface area contributed by atoms with Crippen LogP contribution in [-0.4, -0.2) is 12.9 Å². The van der Waals surface area contributed by atoms with Gasteiger partial charge in [0.2, 0.25) is 0 Å². The van der Waals surface area contributed by atoms with Gasteiger partial charge in [-0.2, -0.15) is 0 Å². The fourth-order valence-corrected chi connectivity index (χ4v) is 2.11. The molecule has 0 atom stereocenters. The van der Waals surface area contributed by atoms with E-state index in [0.29, 0.717) is 5.56 Å². The first kappa shape index (κ1) is 14.3. The highest BCUT2D eigenvalue weighted by Gasteiger charge is 2.52. The van der Waals surface area contributed by atoms with Gasteiger partial charge >= 0.3 is 7.11 Å². The quantitative estimate of drug-likeness (QED) is 0.607. The molecule has 0 amide bonds. The number of ketones is 1. The lowest BCUT2D eigenvalue weighted by molar-refractivity contribution is -0.188. The largest absolute Gasteiger partial charge is 0.995 e. The highest BCUT2D eigenvalue weighted by Crippen LogP contribution is 2.23. The molecule has 2 aromatic carbocycles. The molecule has 0 aromatic heterocycles. The van der Waals surface area contributed by atoms with Crippen molar-refractivity contribution in [3.05, 3.63) is 89.7 Å². The van der Waals surface area contributed by atoms with Crippen LogP contribution in [0.2, 0.25) is 0 Å². The lowest BCUT2D eigenvalue weighted by Gasteiger charge is -2.17. The first-order chi connectivity index (χ1) is 10.6. The van der Waals surface area contributed by atoms with E-state index in [-0.39, 0.29) is 11.5 Å². The zero-order valence-electron chi connectivity index (χ0n) is 11.7. The Morgan fingerprint density at radius 1 is 0.864 bits per heavy atom. The van der Waals surface area contributed by atoms with Crippen molar-refractivity contribution in [3.63, 3.8) is 0 Å². The number of halogens is 2. The third kappa shape index (κ3) is 3.49. The summed E-state index contributed by atoms with van der Waals surface area (Å²) in [5, 5.41) is 0. The average Bonchev–Trinajstić information content (AvgIpc) is 2.53. The van der Waals surface area contributed by atoms with E-state index in [1.807, 2.05) is 36.4 Å². The van der Waals surface area contributed by atoms with Crippen LogP contribution in [0.5, 0.6) is 0 Å². The second kappa shape index (κ2) is 5.97. The van der Waals surface area contributed by atoms with E-state index in [0.717, 1.165) is 5.56 Å². The van der Waals surface area contributed by atoms with Crippen molar-refractivity contribution in [2.24, 2.45) is 0 Å². The molecule has 1 heterocycles. The van der Waals surface area contributed by atoms with Crippen LogP contribution >= 0.6 is 0 Å². The minimum Gasteiger partial charge on any atom is -0.569 e. The van der Waals surface area contributed by atoms with Gasteiger partial charge in [-0.1, -0.05) is 54.6 Å². The van der Waals surface area contributed by atoms with Gasteiger partial charge in [0.25, 0.3) is 5.78 Å². The number of hydrogen-bond donors (Lipinski definition) is 0. The summed E-state index contributed by atoms with van der Waals surface area (Å²) in [6.07, 6.45) is 4.69. The molecule has 110 valence electrons. The molecule has 0 bridgehead atoms. The molecule has 3 rings (SSSR count). The van der Waals surface area contributed by atoms with Crippen LogP contribution in [0.1, 0.15) is 15.5 Å². The van der Waals surface area contributed by atoms with E-state index in [1.54, 1.807) is 30.3 Å². The van der Waals surface area contributed by atoms with Crippen molar-refractivity contribution in [3.8, 4) is 0 Å². The Balaban J connectivity index is 1.90. The van der Waals surface area contributed by atoms with Crippen molar-refractivity contribution >= 4 is 19.0 Å². The minimum absolute atomic E-state index is 0.0685. The molecule has 5 heteroatoms. The van der Waals surface area contributed by atoms with Crippen molar-refractivity contribution in [1.82, 2.24) is 0 Å². The molecule has 0 fully saturated rings. The van der Waals surface area contributed by atoms with Crippen molar-refractivity contribution < 1.29 is 17.6 Å². The average molecular weight is 298 g/mol. The Morgan fingerprint density at radius 2 is 1.50 bits per heavy atom. The molecular formula is C17H13BF2O2. The van der Waals surface area contributed by atoms with Crippen LogP contribution in [0.15, 0.2) is 78.6 Å². The van der Waals surface area contributed by atoms with Crippen LogP contribution in [0.3, 0.4) is 0 Å². The van der Waals surface area contributed by atoms with Gasteiger partial charge in [-0.25, -0.2) is 0 Å². The third-order valence-electron chi connectivity index (χ3n) is 3.11. The summed E-state index contributed by atoms with van der Waals surface area (Å²) in [6, 6.07) is 18.1. The van der Waals surface area contributed by atoms with Crippen molar-refractivity contribution in [1.29, 1.82) is 0 Å². The van der Waals surface area contributed by atoms with Gasteiger partial charge in [0.1, 0.15) is 0 Å². The predicted octanol–water partition coefficient (Wildman–Crippen LogP) is 4.41. The van der Waals surface area contributed by atoms with Gasteiger partial charge in [-0.05, 0) is 23.8 Å². The highest BCUT2D eigenvalue weighted by molar-refractivity contribution is 6.51. The summed E-state index contributed by atoms with van der Waals surface area (Å²) in [4.78, 5) is 0. The molecule has 1 aliphatic heterocycles. The maximum atomic E-state index is 13.6. The Kier molecular flexibility index (Phi) is 3.87. The zero-order valence-corrected chi connectivity index (χ0v) is 11.7. The van der Waals surface area contributed by atoms with E-state index >= 15 is 0 Å². The second-order valence-electron chi connectivity index (χ2n) is 4.79. The first-order valence-electron chi connectivity index (χ1n) is 6.88. The Hall–Kier alpha value is -2.69. The molecule has 0 spiro atoms. The summed E-state index contributed by atoms with van der Waals surface area (Å²) in [5.74, 6) is 0.170. The lowest BCUT2D eigenvalue weighted by atomic mass is 10.1. The molecule has 0 aliphatic carbocycles. The maximum Gasteiger partial charge on any atom is 0.995 e. The molecule has 0 N–H and O–H groups in total. The second-order valence-corrected chi connectivity index (χ2v) is 4.79. The molecule has 2 aromatic rings.